The van der Waals surface area contributed by atoms with Crippen LogP contribution in [0.15, 0.2) is 53.9 Å². The summed E-state index contributed by atoms with van der Waals surface area (Å²) in [6, 6.07) is 15.1. The Balaban J connectivity index is 1.64. The van der Waals surface area contributed by atoms with Crippen LogP contribution in [0.4, 0.5) is 5.69 Å². The maximum absolute atomic E-state index is 12.4. The topological polar surface area (TPSA) is 76.1 Å². The molecule has 0 aliphatic heterocycles. The summed E-state index contributed by atoms with van der Waals surface area (Å²) in [5, 5.41) is 5.12. The summed E-state index contributed by atoms with van der Waals surface area (Å²) in [6.07, 6.45) is 0. The highest BCUT2D eigenvalue weighted by atomic mass is 32.2. The van der Waals surface area contributed by atoms with Crippen LogP contribution in [0.5, 0.6) is 0 Å². The van der Waals surface area contributed by atoms with Crippen LogP contribution in [0, 0.1) is 13.8 Å². The molecular formula is C20H20N2O3S2. The SMILES string of the molecule is Cc1ccc(-c2nc(CS(=O)(=O)CC(=O)Nc3cccc(C)c3)cs2)cc1. The van der Waals surface area contributed by atoms with Gasteiger partial charge in [-0.3, -0.25) is 4.79 Å². The predicted molar refractivity (Wildman–Crippen MR) is 110 cm³/mol. The molecule has 0 spiro atoms. The lowest BCUT2D eigenvalue weighted by Gasteiger charge is -2.06. The number of nitrogens with one attached hydrogen (secondary N) is 1. The Bertz CT molecular complexity index is 1050. The highest BCUT2D eigenvalue weighted by Gasteiger charge is 2.19. The average molecular weight is 401 g/mol. The number of amides is 1. The van der Waals surface area contributed by atoms with E-state index in [1.165, 1.54) is 11.3 Å². The monoisotopic (exact) mass is 400 g/mol. The molecule has 2 aromatic carbocycles. The quantitative estimate of drug-likeness (QED) is 0.679. The Morgan fingerprint density at radius 1 is 1.07 bits per heavy atom. The largest absolute Gasteiger partial charge is 0.325 e. The van der Waals surface area contributed by atoms with Crippen LogP contribution in [-0.4, -0.2) is 25.1 Å². The molecule has 1 N–H and O–H groups in total. The molecule has 1 amide bonds. The molecule has 140 valence electrons. The maximum atomic E-state index is 12.4. The van der Waals surface area contributed by atoms with Gasteiger partial charge in [-0.1, -0.05) is 42.0 Å². The molecule has 5 nitrogen and oxygen atoms in total. The lowest BCUT2D eigenvalue weighted by atomic mass is 10.2. The van der Waals surface area contributed by atoms with Gasteiger partial charge in [-0.15, -0.1) is 11.3 Å². The summed E-state index contributed by atoms with van der Waals surface area (Å²) in [5.74, 6) is -1.37. The van der Waals surface area contributed by atoms with Crippen molar-refractivity contribution in [3.63, 3.8) is 0 Å². The normalized spacial score (nSPS) is 11.3. The summed E-state index contributed by atoms with van der Waals surface area (Å²) in [6.45, 7) is 3.91. The van der Waals surface area contributed by atoms with Gasteiger partial charge in [0.15, 0.2) is 9.84 Å². The fraction of sp³-hybridized carbons (Fsp3) is 0.200. The van der Waals surface area contributed by atoms with E-state index in [1.807, 2.05) is 44.2 Å². The zero-order chi connectivity index (χ0) is 19.4. The second-order valence-electron chi connectivity index (χ2n) is 6.46. The second-order valence-corrected chi connectivity index (χ2v) is 9.38. The molecular weight excluding hydrogens is 380 g/mol. The molecule has 0 bridgehead atoms. The lowest BCUT2D eigenvalue weighted by molar-refractivity contribution is -0.113. The van der Waals surface area contributed by atoms with Crippen molar-refractivity contribution in [2.24, 2.45) is 0 Å². The van der Waals surface area contributed by atoms with Crippen LogP contribution < -0.4 is 5.32 Å². The number of carbonyl (C=O) groups is 1. The van der Waals surface area contributed by atoms with Gasteiger partial charge < -0.3 is 5.32 Å². The second kappa shape index (κ2) is 8.02. The fourth-order valence-corrected chi connectivity index (χ4v) is 4.70. The first kappa shape index (κ1) is 19.3. The Kier molecular flexibility index (Phi) is 5.72. The minimum atomic E-state index is -3.61. The van der Waals surface area contributed by atoms with Crippen molar-refractivity contribution in [3.8, 4) is 10.6 Å². The number of aromatic nitrogens is 1. The molecule has 0 aliphatic carbocycles. The van der Waals surface area contributed by atoms with Crippen LogP contribution >= 0.6 is 11.3 Å². The molecule has 27 heavy (non-hydrogen) atoms. The molecule has 0 saturated carbocycles. The lowest BCUT2D eigenvalue weighted by Crippen LogP contribution is -2.24. The molecule has 0 unspecified atom stereocenters. The van der Waals surface area contributed by atoms with Crippen LogP contribution in [0.3, 0.4) is 0 Å². The van der Waals surface area contributed by atoms with E-state index in [9.17, 15) is 13.2 Å². The third-order valence-electron chi connectivity index (χ3n) is 3.87. The maximum Gasteiger partial charge on any atom is 0.239 e. The molecule has 1 aromatic heterocycles. The first-order valence-corrected chi connectivity index (χ1v) is 11.1. The van der Waals surface area contributed by atoms with Gasteiger partial charge in [-0.05, 0) is 31.5 Å². The number of anilines is 1. The number of nitrogens with zero attached hydrogens (tertiary/aromatic N) is 1. The Morgan fingerprint density at radius 2 is 1.81 bits per heavy atom. The van der Waals surface area contributed by atoms with Gasteiger partial charge in [0.2, 0.25) is 5.91 Å². The molecule has 0 aliphatic rings. The number of hydrogen-bond acceptors (Lipinski definition) is 5. The third kappa shape index (κ3) is 5.48. The highest BCUT2D eigenvalue weighted by Crippen LogP contribution is 2.25. The van der Waals surface area contributed by atoms with E-state index in [4.69, 9.17) is 0 Å². The number of benzene rings is 2. The van der Waals surface area contributed by atoms with E-state index in [0.717, 1.165) is 21.7 Å². The third-order valence-corrected chi connectivity index (χ3v) is 6.25. The van der Waals surface area contributed by atoms with Crippen molar-refractivity contribution < 1.29 is 13.2 Å². The Morgan fingerprint density at radius 3 is 2.52 bits per heavy atom. The zero-order valence-corrected chi connectivity index (χ0v) is 16.7. The van der Waals surface area contributed by atoms with Gasteiger partial charge >= 0.3 is 0 Å². The van der Waals surface area contributed by atoms with E-state index < -0.39 is 21.5 Å². The van der Waals surface area contributed by atoms with Crippen molar-refractivity contribution in [1.82, 2.24) is 4.98 Å². The minimum absolute atomic E-state index is 0.253. The molecule has 0 fully saturated rings. The summed E-state index contributed by atoms with van der Waals surface area (Å²) in [7, 11) is -3.61. The molecule has 1 heterocycles. The predicted octanol–water partition coefficient (Wildman–Crippen LogP) is 3.98. The van der Waals surface area contributed by atoms with Gasteiger partial charge in [0.1, 0.15) is 10.8 Å². The van der Waals surface area contributed by atoms with E-state index in [1.54, 1.807) is 23.6 Å². The number of sulfone groups is 1. The van der Waals surface area contributed by atoms with Crippen LogP contribution in [0.25, 0.3) is 10.6 Å². The first-order valence-electron chi connectivity index (χ1n) is 8.39. The van der Waals surface area contributed by atoms with Gasteiger partial charge in [-0.2, -0.15) is 0 Å². The summed E-state index contributed by atoms with van der Waals surface area (Å²) >= 11 is 1.40. The van der Waals surface area contributed by atoms with E-state index >= 15 is 0 Å². The van der Waals surface area contributed by atoms with Crippen molar-refractivity contribution in [1.29, 1.82) is 0 Å². The van der Waals surface area contributed by atoms with E-state index in [0.29, 0.717) is 11.4 Å². The number of aryl methyl sites for hydroxylation is 2. The van der Waals surface area contributed by atoms with E-state index in [2.05, 4.69) is 10.3 Å². The van der Waals surface area contributed by atoms with Crippen molar-refractivity contribution >= 4 is 32.8 Å². The zero-order valence-electron chi connectivity index (χ0n) is 15.1. The van der Waals surface area contributed by atoms with Crippen molar-refractivity contribution in [2.75, 3.05) is 11.1 Å². The van der Waals surface area contributed by atoms with Crippen molar-refractivity contribution in [3.05, 3.63) is 70.7 Å². The van der Waals surface area contributed by atoms with E-state index in [-0.39, 0.29) is 5.75 Å². The van der Waals surface area contributed by atoms with Crippen molar-refractivity contribution in [2.45, 2.75) is 19.6 Å². The van der Waals surface area contributed by atoms with Gasteiger partial charge in [-0.25, -0.2) is 13.4 Å². The summed E-state index contributed by atoms with van der Waals surface area (Å²) in [4.78, 5) is 16.5. The van der Waals surface area contributed by atoms with Crippen LogP contribution in [0.1, 0.15) is 16.8 Å². The fourth-order valence-electron chi connectivity index (χ4n) is 2.60. The molecule has 3 aromatic rings. The van der Waals surface area contributed by atoms with Crippen LogP contribution in [-0.2, 0) is 20.4 Å². The molecule has 0 radical (unpaired) electrons. The molecule has 7 heteroatoms. The number of hydrogen-bond donors (Lipinski definition) is 1. The Labute approximate surface area is 163 Å². The number of rotatable bonds is 6. The summed E-state index contributed by atoms with van der Waals surface area (Å²) in [5.41, 5.74) is 4.13. The van der Waals surface area contributed by atoms with Gasteiger partial charge in [0.25, 0.3) is 0 Å². The average Bonchev–Trinajstić information content (AvgIpc) is 3.02. The summed E-state index contributed by atoms with van der Waals surface area (Å²) < 4.78 is 24.7. The molecule has 3 rings (SSSR count). The first-order chi connectivity index (χ1) is 12.8. The number of carbonyl (C=O) groups excluding carboxylic acids is 1. The standard InChI is InChI=1S/C20H20N2O3S2/c1-14-6-8-16(9-7-14)20-22-18(11-26-20)12-27(24,25)13-19(23)21-17-5-3-4-15(2)10-17/h3-11H,12-13H2,1-2H3,(H,21,23). The molecule has 0 atom stereocenters. The highest BCUT2D eigenvalue weighted by molar-refractivity contribution is 7.91. The Hall–Kier alpha value is -2.51. The molecule has 0 saturated heterocycles. The number of thiazole rings is 1. The van der Waals surface area contributed by atoms with Gasteiger partial charge in [0, 0.05) is 16.6 Å². The van der Waals surface area contributed by atoms with Crippen LogP contribution in [0.2, 0.25) is 0 Å². The van der Waals surface area contributed by atoms with Gasteiger partial charge in [0.05, 0.1) is 11.4 Å². The smallest absolute Gasteiger partial charge is 0.239 e. The minimum Gasteiger partial charge on any atom is -0.325 e.